The summed E-state index contributed by atoms with van der Waals surface area (Å²) >= 11 is 0. The molecule has 1 fully saturated rings. The van der Waals surface area contributed by atoms with Gasteiger partial charge in [-0.2, -0.15) is 0 Å². The van der Waals surface area contributed by atoms with E-state index in [1.807, 2.05) is 19.9 Å². The number of benzene rings is 1. The smallest absolute Gasteiger partial charge is 0.260 e. The monoisotopic (exact) mass is 332 g/mol. The molecule has 1 aromatic rings. The molecule has 1 amide bonds. The Morgan fingerprint density at radius 2 is 2.17 bits per heavy atom. The van der Waals surface area contributed by atoms with Crippen molar-refractivity contribution in [3.8, 4) is 5.75 Å². The largest absolute Gasteiger partial charge is 0.481 e. The second kappa shape index (κ2) is 9.07. The van der Waals surface area contributed by atoms with Gasteiger partial charge < -0.3 is 15.4 Å². The van der Waals surface area contributed by atoms with Crippen molar-refractivity contribution >= 4 is 5.91 Å². The molecule has 0 bridgehead atoms. The molecule has 2 rings (SSSR count). The summed E-state index contributed by atoms with van der Waals surface area (Å²) in [4.78, 5) is 12.3. The normalized spacial score (nSPS) is 19.1. The maximum atomic E-state index is 12.3. The van der Waals surface area contributed by atoms with Crippen LogP contribution in [0.2, 0.25) is 0 Å². The van der Waals surface area contributed by atoms with Gasteiger partial charge in [-0.3, -0.25) is 4.79 Å². The van der Waals surface area contributed by atoms with Crippen LogP contribution in [-0.2, 0) is 4.79 Å². The molecule has 134 valence electrons. The molecule has 24 heavy (non-hydrogen) atoms. The standard InChI is InChI=1S/C20H32N2O2/c1-14(2)18-8-7-15(3)12-19(18)24-16(4)20(23)22-11-9-17-6-5-10-21-13-17/h7-8,12,14,16-17,21H,5-6,9-11,13H2,1-4H3,(H,22,23). The second-order valence-electron chi connectivity index (χ2n) is 7.25. The molecule has 0 spiro atoms. The van der Waals surface area contributed by atoms with E-state index in [1.165, 1.54) is 12.8 Å². The van der Waals surface area contributed by atoms with Crippen LogP contribution in [-0.4, -0.2) is 31.6 Å². The number of hydrogen-bond donors (Lipinski definition) is 2. The Morgan fingerprint density at radius 3 is 2.83 bits per heavy atom. The first-order valence-corrected chi connectivity index (χ1v) is 9.23. The van der Waals surface area contributed by atoms with Crippen LogP contribution in [0.25, 0.3) is 0 Å². The summed E-state index contributed by atoms with van der Waals surface area (Å²) in [5, 5.41) is 6.43. The van der Waals surface area contributed by atoms with Gasteiger partial charge in [-0.1, -0.05) is 26.0 Å². The Bertz CT molecular complexity index is 536. The fourth-order valence-electron chi connectivity index (χ4n) is 3.18. The van der Waals surface area contributed by atoms with Crippen LogP contribution in [0.1, 0.15) is 57.1 Å². The van der Waals surface area contributed by atoms with E-state index in [0.717, 1.165) is 42.9 Å². The third-order valence-corrected chi connectivity index (χ3v) is 4.71. The van der Waals surface area contributed by atoms with E-state index in [0.29, 0.717) is 11.8 Å². The summed E-state index contributed by atoms with van der Waals surface area (Å²) < 4.78 is 5.97. The van der Waals surface area contributed by atoms with Gasteiger partial charge in [0, 0.05) is 6.54 Å². The van der Waals surface area contributed by atoms with E-state index in [4.69, 9.17) is 4.74 Å². The highest BCUT2D eigenvalue weighted by Crippen LogP contribution is 2.28. The summed E-state index contributed by atoms with van der Waals surface area (Å²) in [5.41, 5.74) is 2.29. The van der Waals surface area contributed by atoms with Gasteiger partial charge in [0.2, 0.25) is 0 Å². The molecule has 1 aliphatic heterocycles. The van der Waals surface area contributed by atoms with Gasteiger partial charge >= 0.3 is 0 Å². The maximum absolute atomic E-state index is 12.3. The summed E-state index contributed by atoms with van der Waals surface area (Å²) in [6.07, 6.45) is 3.06. The second-order valence-corrected chi connectivity index (χ2v) is 7.25. The fraction of sp³-hybridized carbons (Fsp3) is 0.650. The quantitative estimate of drug-likeness (QED) is 0.805. The molecule has 0 radical (unpaired) electrons. The number of hydrogen-bond acceptors (Lipinski definition) is 3. The minimum atomic E-state index is -0.478. The van der Waals surface area contributed by atoms with Crippen LogP contribution in [0.5, 0.6) is 5.75 Å². The number of aryl methyl sites for hydroxylation is 1. The minimum absolute atomic E-state index is 0.0324. The van der Waals surface area contributed by atoms with Crippen molar-refractivity contribution in [2.45, 2.75) is 59.0 Å². The molecular formula is C20H32N2O2. The van der Waals surface area contributed by atoms with Crippen molar-refractivity contribution in [3.63, 3.8) is 0 Å². The van der Waals surface area contributed by atoms with E-state index < -0.39 is 6.10 Å². The summed E-state index contributed by atoms with van der Waals surface area (Å²) in [7, 11) is 0. The van der Waals surface area contributed by atoms with Crippen LogP contribution >= 0.6 is 0 Å². The third-order valence-electron chi connectivity index (χ3n) is 4.71. The van der Waals surface area contributed by atoms with Crippen LogP contribution < -0.4 is 15.4 Å². The Morgan fingerprint density at radius 1 is 1.38 bits per heavy atom. The molecule has 4 heteroatoms. The van der Waals surface area contributed by atoms with Gasteiger partial charge in [-0.05, 0) is 75.2 Å². The van der Waals surface area contributed by atoms with E-state index in [2.05, 4.69) is 36.6 Å². The molecule has 1 heterocycles. The van der Waals surface area contributed by atoms with Crippen LogP contribution in [0.4, 0.5) is 0 Å². The molecule has 4 nitrogen and oxygen atoms in total. The predicted octanol–water partition coefficient (Wildman–Crippen LogP) is 3.39. The minimum Gasteiger partial charge on any atom is -0.481 e. The molecular weight excluding hydrogens is 300 g/mol. The van der Waals surface area contributed by atoms with Crippen molar-refractivity contribution in [1.82, 2.24) is 10.6 Å². The lowest BCUT2D eigenvalue weighted by Gasteiger charge is -2.23. The first-order chi connectivity index (χ1) is 11.5. The summed E-state index contributed by atoms with van der Waals surface area (Å²) in [5.74, 6) is 1.84. The first-order valence-electron chi connectivity index (χ1n) is 9.23. The van der Waals surface area contributed by atoms with Crippen molar-refractivity contribution in [1.29, 1.82) is 0 Å². The fourth-order valence-corrected chi connectivity index (χ4v) is 3.18. The number of carbonyl (C=O) groups is 1. The topological polar surface area (TPSA) is 50.4 Å². The van der Waals surface area contributed by atoms with E-state index in [9.17, 15) is 4.79 Å². The first kappa shape index (κ1) is 18.8. The zero-order chi connectivity index (χ0) is 17.5. The van der Waals surface area contributed by atoms with E-state index in [1.54, 1.807) is 0 Å². The Kier molecular flexibility index (Phi) is 7.10. The molecule has 0 aliphatic carbocycles. The van der Waals surface area contributed by atoms with E-state index in [-0.39, 0.29) is 5.91 Å². The molecule has 1 aromatic carbocycles. The number of rotatable bonds is 7. The number of amides is 1. The zero-order valence-electron chi connectivity index (χ0n) is 15.5. The van der Waals surface area contributed by atoms with E-state index >= 15 is 0 Å². The van der Waals surface area contributed by atoms with Crippen molar-refractivity contribution in [2.24, 2.45) is 5.92 Å². The number of ether oxygens (including phenoxy) is 1. The van der Waals surface area contributed by atoms with Crippen molar-refractivity contribution < 1.29 is 9.53 Å². The van der Waals surface area contributed by atoms with Gasteiger partial charge in [0.25, 0.3) is 5.91 Å². The van der Waals surface area contributed by atoms with Crippen molar-refractivity contribution in [3.05, 3.63) is 29.3 Å². The molecule has 0 aromatic heterocycles. The molecule has 2 unspecified atom stereocenters. The van der Waals surface area contributed by atoms with Crippen LogP contribution in [0, 0.1) is 12.8 Å². The van der Waals surface area contributed by atoms with Crippen LogP contribution in [0.15, 0.2) is 18.2 Å². The zero-order valence-corrected chi connectivity index (χ0v) is 15.5. The lowest BCUT2D eigenvalue weighted by molar-refractivity contribution is -0.127. The highest BCUT2D eigenvalue weighted by Gasteiger charge is 2.18. The Hall–Kier alpha value is -1.55. The average molecular weight is 332 g/mol. The number of piperidine rings is 1. The Labute approximate surface area is 146 Å². The van der Waals surface area contributed by atoms with Gasteiger partial charge in [-0.25, -0.2) is 0 Å². The predicted molar refractivity (Wildman–Crippen MR) is 98.6 cm³/mol. The molecule has 1 saturated heterocycles. The highest BCUT2D eigenvalue weighted by molar-refractivity contribution is 5.80. The molecule has 2 N–H and O–H groups in total. The highest BCUT2D eigenvalue weighted by atomic mass is 16.5. The molecule has 0 saturated carbocycles. The van der Waals surface area contributed by atoms with Crippen molar-refractivity contribution in [2.75, 3.05) is 19.6 Å². The summed E-state index contributed by atoms with van der Waals surface area (Å²) in [6, 6.07) is 6.20. The lowest BCUT2D eigenvalue weighted by Crippen LogP contribution is -2.38. The number of nitrogens with one attached hydrogen (secondary N) is 2. The SMILES string of the molecule is Cc1ccc(C(C)C)c(OC(C)C(=O)NCCC2CCCNC2)c1. The average Bonchev–Trinajstić information content (AvgIpc) is 2.55. The lowest BCUT2D eigenvalue weighted by atomic mass is 9.96. The molecule has 2 atom stereocenters. The Balaban J connectivity index is 1.83. The molecule has 1 aliphatic rings. The van der Waals surface area contributed by atoms with Gasteiger partial charge in [0.05, 0.1) is 0 Å². The maximum Gasteiger partial charge on any atom is 0.260 e. The third kappa shape index (κ3) is 5.52. The van der Waals surface area contributed by atoms with Gasteiger partial charge in [0.1, 0.15) is 5.75 Å². The van der Waals surface area contributed by atoms with Crippen LogP contribution in [0.3, 0.4) is 0 Å². The van der Waals surface area contributed by atoms with Gasteiger partial charge in [-0.15, -0.1) is 0 Å². The number of carbonyl (C=O) groups excluding carboxylic acids is 1. The van der Waals surface area contributed by atoms with Gasteiger partial charge in [0.15, 0.2) is 6.10 Å². The summed E-state index contributed by atoms with van der Waals surface area (Å²) in [6.45, 7) is 11.1.